The average Bonchev–Trinajstić information content (AvgIpc) is 2.76. The van der Waals surface area contributed by atoms with Gasteiger partial charge in [0.05, 0.1) is 12.6 Å². The normalized spacial score (nSPS) is 26.0. The Morgan fingerprint density at radius 1 is 1.47 bits per heavy atom. The quantitative estimate of drug-likeness (QED) is 0.885. The zero-order valence-corrected chi connectivity index (χ0v) is 10.2. The Bertz CT molecular complexity index is 313. The minimum absolute atomic E-state index is 0.0745. The number of halogens is 1. The average molecular weight is 274 g/mol. The van der Waals surface area contributed by atoms with Crippen LogP contribution in [0.1, 0.15) is 25.0 Å². The molecule has 2 rings (SSSR count). The molecule has 15 heavy (non-hydrogen) atoms. The lowest BCUT2D eigenvalue weighted by molar-refractivity contribution is 0.177. The molecule has 0 aromatic carbocycles. The molecule has 4 heteroatoms. The lowest BCUT2D eigenvalue weighted by atomic mass is 10.1. The van der Waals surface area contributed by atoms with Gasteiger partial charge in [0.1, 0.15) is 5.76 Å². The van der Waals surface area contributed by atoms with Crippen molar-refractivity contribution in [1.82, 2.24) is 5.32 Å². The van der Waals surface area contributed by atoms with Gasteiger partial charge in [-0.3, -0.25) is 0 Å². The Hall–Kier alpha value is -0.320. The molecule has 84 valence electrons. The van der Waals surface area contributed by atoms with Gasteiger partial charge in [-0.25, -0.2) is 0 Å². The smallest absolute Gasteiger partial charge is 0.169 e. The molecule has 2 N–H and O–H groups in total. The SMILES string of the molecule is OC1CCC(CNCc2ccc(Br)o2)C1. The van der Waals surface area contributed by atoms with Crippen LogP contribution < -0.4 is 5.32 Å². The number of nitrogens with one attached hydrogen (secondary N) is 1. The highest BCUT2D eigenvalue weighted by atomic mass is 79.9. The van der Waals surface area contributed by atoms with E-state index in [1.807, 2.05) is 12.1 Å². The van der Waals surface area contributed by atoms with Crippen LogP contribution in [0.2, 0.25) is 0 Å². The molecule has 1 aromatic heterocycles. The highest BCUT2D eigenvalue weighted by Gasteiger charge is 2.22. The van der Waals surface area contributed by atoms with Gasteiger partial charge in [-0.1, -0.05) is 0 Å². The van der Waals surface area contributed by atoms with E-state index in [9.17, 15) is 5.11 Å². The molecule has 2 atom stereocenters. The van der Waals surface area contributed by atoms with E-state index in [0.29, 0.717) is 5.92 Å². The first kappa shape index (κ1) is 11.2. The molecule has 1 aromatic rings. The number of hydrogen-bond acceptors (Lipinski definition) is 3. The maximum absolute atomic E-state index is 9.37. The zero-order valence-electron chi connectivity index (χ0n) is 8.58. The summed E-state index contributed by atoms with van der Waals surface area (Å²) in [5.74, 6) is 1.57. The summed E-state index contributed by atoms with van der Waals surface area (Å²) in [6.45, 7) is 1.73. The molecule has 0 radical (unpaired) electrons. The fourth-order valence-corrected chi connectivity index (χ4v) is 2.42. The van der Waals surface area contributed by atoms with Gasteiger partial charge in [0.15, 0.2) is 4.67 Å². The van der Waals surface area contributed by atoms with E-state index in [4.69, 9.17) is 4.42 Å². The van der Waals surface area contributed by atoms with Crippen molar-refractivity contribution in [3.63, 3.8) is 0 Å². The molecule has 1 saturated carbocycles. The van der Waals surface area contributed by atoms with Crippen molar-refractivity contribution in [2.45, 2.75) is 31.9 Å². The maximum Gasteiger partial charge on any atom is 0.169 e. The molecule has 1 aliphatic carbocycles. The van der Waals surface area contributed by atoms with Crippen molar-refractivity contribution in [2.75, 3.05) is 6.54 Å². The van der Waals surface area contributed by atoms with Gasteiger partial charge in [0.2, 0.25) is 0 Å². The maximum atomic E-state index is 9.37. The van der Waals surface area contributed by atoms with E-state index in [2.05, 4.69) is 21.2 Å². The summed E-state index contributed by atoms with van der Waals surface area (Å²) in [5, 5.41) is 12.7. The molecule has 1 heterocycles. The van der Waals surface area contributed by atoms with Crippen LogP contribution >= 0.6 is 15.9 Å². The predicted molar refractivity (Wildman–Crippen MR) is 61.5 cm³/mol. The van der Waals surface area contributed by atoms with E-state index in [-0.39, 0.29) is 6.10 Å². The van der Waals surface area contributed by atoms with E-state index >= 15 is 0 Å². The number of aliphatic hydroxyl groups excluding tert-OH is 1. The van der Waals surface area contributed by atoms with Gasteiger partial charge < -0.3 is 14.8 Å². The standard InChI is InChI=1S/C11H16BrNO2/c12-11-4-3-10(15-11)7-13-6-8-1-2-9(14)5-8/h3-4,8-9,13-14H,1-2,5-7H2. The van der Waals surface area contributed by atoms with Crippen molar-refractivity contribution >= 4 is 15.9 Å². The molecule has 1 fully saturated rings. The molecular weight excluding hydrogens is 258 g/mol. The highest BCUT2D eigenvalue weighted by molar-refractivity contribution is 9.10. The first-order valence-electron chi connectivity index (χ1n) is 5.37. The van der Waals surface area contributed by atoms with Crippen LogP contribution in [0, 0.1) is 5.92 Å². The topological polar surface area (TPSA) is 45.4 Å². The summed E-state index contributed by atoms with van der Waals surface area (Å²) in [6, 6.07) is 3.86. The van der Waals surface area contributed by atoms with Gasteiger partial charge in [-0.2, -0.15) is 0 Å². The summed E-state index contributed by atoms with van der Waals surface area (Å²) >= 11 is 3.27. The van der Waals surface area contributed by atoms with Crippen molar-refractivity contribution in [2.24, 2.45) is 5.92 Å². The van der Waals surface area contributed by atoms with E-state index < -0.39 is 0 Å². The van der Waals surface area contributed by atoms with E-state index in [0.717, 1.165) is 42.8 Å². The number of rotatable bonds is 4. The third-order valence-electron chi connectivity index (χ3n) is 2.87. The largest absolute Gasteiger partial charge is 0.453 e. The lowest BCUT2D eigenvalue weighted by Crippen LogP contribution is -2.21. The van der Waals surface area contributed by atoms with Crippen LogP contribution in [0.3, 0.4) is 0 Å². The molecule has 1 aliphatic rings. The van der Waals surface area contributed by atoms with Gasteiger partial charge in [0.25, 0.3) is 0 Å². The van der Waals surface area contributed by atoms with Crippen LogP contribution in [0.15, 0.2) is 21.2 Å². The Kier molecular flexibility index (Phi) is 3.83. The Morgan fingerprint density at radius 2 is 2.33 bits per heavy atom. The Morgan fingerprint density at radius 3 is 2.93 bits per heavy atom. The Labute approximate surface area is 98.0 Å². The summed E-state index contributed by atoms with van der Waals surface area (Å²) in [6.07, 6.45) is 2.96. The second-order valence-corrected chi connectivity index (χ2v) is 4.95. The molecule has 0 spiro atoms. The highest BCUT2D eigenvalue weighted by Crippen LogP contribution is 2.24. The fourth-order valence-electron chi connectivity index (χ4n) is 2.08. The van der Waals surface area contributed by atoms with Gasteiger partial charge in [-0.05, 0) is 59.8 Å². The van der Waals surface area contributed by atoms with Gasteiger partial charge in [-0.15, -0.1) is 0 Å². The predicted octanol–water partition coefficient (Wildman–Crippen LogP) is 2.29. The van der Waals surface area contributed by atoms with Crippen LogP contribution in [0.25, 0.3) is 0 Å². The molecule has 0 bridgehead atoms. The van der Waals surface area contributed by atoms with Crippen LogP contribution in [-0.4, -0.2) is 17.8 Å². The molecule has 0 amide bonds. The van der Waals surface area contributed by atoms with Gasteiger partial charge in [0, 0.05) is 0 Å². The first-order valence-corrected chi connectivity index (χ1v) is 6.16. The van der Waals surface area contributed by atoms with Crippen molar-refractivity contribution in [3.8, 4) is 0 Å². The first-order chi connectivity index (χ1) is 7.24. The van der Waals surface area contributed by atoms with Crippen LogP contribution in [0.4, 0.5) is 0 Å². The Balaban J connectivity index is 1.67. The zero-order chi connectivity index (χ0) is 10.7. The molecule has 0 saturated heterocycles. The number of furan rings is 1. The molecular formula is C11H16BrNO2. The van der Waals surface area contributed by atoms with Gasteiger partial charge >= 0.3 is 0 Å². The molecule has 2 unspecified atom stereocenters. The van der Waals surface area contributed by atoms with Crippen molar-refractivity contribution in [3.05, 3.63) is 22.6 Å². The second-order valence-electron chi connectivity index (χ2n) is 4.17. The summed E-state index contributed by atoms with van der Waals surface area (Å²) in [4.78, 5) is 0. The van der Waals surface area contributed by atoms with Crippen LogP contribution in [-0.2, 0) is 6.54 Å². The van der Waals surface area contributed by atoms with Crippen molar-refractivity contribution < 1.29 is 9.52 Å². The summed E-state index contributed by atoms with van der Waals surface area (Å²) in [5.41, 5.74) is 0. The number of aliphatic hydroxyl groups is 1. The monoisotopic (exact) mass is 273 g/mol. The minimum Gasteiger partial charge on any atom is -0.453 e. The molecule has 0 aliphatic heterocycles. The fraction of sp³-hybridized carbons (Fsp3) is 0.636. The van der Waals surface area contributed by atoms with Crippen molar-refractivity contribution in [1.29, 1.82) is 0 Å². The molecule has 3 nitrogen and oxygen atoms in total. The third-order valence-corrected chi connectivity index (χ3v) is 3.30. The van der Waals surface area contributed by atoms with E-state index in [1.54, 1.807) is 0 Å². The number of hydrogen-bond donors (Lipinski definition) is 2. The summed E-state index contributed by atoms with van der Waals surface area (Å²) in [7, 11) is 0. The van der Waals surface area contributed by atoms with Crippen LogP contribution in [0.5, 0.6) is 0 Å². The van der Waals surface area contributed by atoms with E-state index in [1.165, 1.54) is 0 Å². The third kappa shape index (κ3) is 3.33. The minimum atomic E-state index is -0.0745. The lowest BCUT2D eigenvalue weighted by Gasteiger charge is -2.09. The second kappa shape index (κ2) is 5.14. The summed E-state index contributed by atoms with van der Waals surface area (Å²) < 4.78 is 6.15.